The maximum absolute atomic E-state index is 11.8. The van der Waals surface area contributed by atoms with Crippen LogP contribution in [0, 0.1) is 0 Å². The van der Waals surface area contributed by atoms with Gasteiger partial charge in [0.2, 0.25) is 5.91 Å². The Morgan fingerprint density at radius 1 is 1.08 bits per heavy atom. The van der Waals surface area contributed by atoms with Gasteiger partial charge in [0.05, 0.1) is 6.42 Å². The van der Waals surface area contributed by atoms with Gasteiger partial charge in [0.25, 0.3) is 5.91 Å². The number of aromatic nitrogens is 1. The van der Waals surface area contributed by atoms with Gasteiger partial charge in [0, 0.05) is 11.9 Å². The van der Waals surface area contributed by atoms with Crippen LogP contribution in [0.15, 0.2) is 59.8 Å². The van der Waals surface area contributed by atoms with Gasteiger partial charge >= 0.3 is 0 Å². The second kappa shape index (κ2) is 9.04. The van der Waals surface area contributed by atoms with Gasteiger partial charge in [-0.2, -0.15) is 5.10 Å². The number of hydrogen-bond acceptors (Lipinski definition) is 5. The number of ether oxygens (including phenoxy) is 1. The monoisotopic (exact) mass is 326 g/mol. The molecule has 0 radical (unpaired) electrons. The first-order valence-corrected chi connectivity index (χ1v) is 7.34. The molecule has 1 aromatic heterocycles. The van der Waals surface area contributed by atoms with Crippen LogP contribution in [-0.4, -0.2) is 29.1 Å². The number of carbonyl (C=O) groups is 2. The summed E-state index contributed by atoms with van der Waals surface area (Å²) in [6.45, 7) is 1.50. The fourth-order valence-electron chi connectivity index (χ4n) is 1.75. The number of para-hydroxylation sites is 1. The standard InChI is InChI=1S/C17H18N4O3/c1-13(11-16(22)19-15-9-5-6-10-18-15)20-21-17(23)12-24-14-7-3-2-4-8-14/h2-10H,11-12H2,1H3,(H,21,23)(H,18,19,22). The van der Waals surface area contributed by atoms with Crippen molar-refractivity contribution in [2.75, 3.05) is 11.9 Å². The van der Waals surface area contributed by atoms with Gasteiger partial charge in [-0.3, -0.25) is 9.59 Å². The first kappa shape index (κ1) is 17.1. The van der Waals surface area contributed by atoms with Crippen molar-refractivity contribution in [1.82, 2.24) is 10.4 Å². The van der Waals surface area contributed by atoms with Crippen LogP contribution < -0.4 is 15.5 Å². The third-order valence-corrected chi connectivity index (χ3v) is 2.83. The number of hydrazone groups is 1. The van der Waals surface area contributed by atoms with E-state index in [-0.39, 0.29) is 18.9 Å². The first-order chi connectivity index (χ1) is 11.6. The molecule has 0 aliphatic rings. The molecule has 2 aromatic rings. The Morgan fingerprint density at radius 2 is 1.83 bits per heavy atom. The Bertz CT molecular complexity index is 702. The van der Waals surface area contributed by atoms with Crippen molar-refractivity contribution >= 4 is 23.3 Å². The summed E-state index contributed by atoms with van der Waals surface area (Å²) in [4.78, 5) is 27.4. The number of hydrogen-bond donors (Lipinski definition) is 2. The van der Waals surface area contributed by atoms with Crippen molar-refractivity contribution < 1.29 is 14.3 Å². The molecule has 0 aliphatic heterocycles. The lowest BCUT2D eigenvalue weighted by molar-refractivity contribution is -0.123. The van der Waals surface area contributed by atoms with Crippen LogP contribution in [-0.2, 0) is 9.59 Å². The van der Waals surface area contributed by atoms with Gasteiger partial charge < -0.3 is 10.1 Å². The van der Waals surface area contributed by atoms with E-state index in [2.05, 4.69) is 20.8 Å². The molecule has 0 spiro atoms. The zero-order chi connectivity index (χ0) is 17.2. The van der Waals surface area contributed by atoms with Crippen molar-refractivity contribution in [3.63, 3.8) is 0 Å². The highest BCUT2D eigenvalue weighted by atomic mass is 16.5. The molecule has 0 aliphatic carbocycles. The van der Waals surface area contributed by atoms with Crippen molar-refractivity contribution in [2.24, 2.45) is 5.10 Å². The van der Waals surface area contributed by atoms with Gasteiger partial charge in [-0.1, -0.05) is 24.3 Å². The topological polar surface area (TPSA) is 92.7 Å². The van der Waals surface area contributed by atoms with Crippen molar-refractivity contribution in [2.45, 2.75) is 13.3 Å². The molecule has 7 nitrogen and oxygen atoms in total. The smallest absolute Gasteiger partial charge is 0.277 e. The summed E-state index contributed by atoms with van der Waals surface area (Å²) in [7, 11) is 0. The van der Waals surface area contributed by atoms with Crippen LogP contribution in [0.2, 0.25) is 0 Å². The van der Waals surface area contributed by atoms with Gasteiger partial charge in [-0.05, 0) is 31.2 Å². The zero-order valence-corrected chi connectivity index (χ0v) is 13.2. The minimum Gasteiger partial charge on any atom is -0.484 e. The lowest BCUT2D eigenvalue weighted by Gasteiger charge is -2.06. The van der Waals surface area contributed by atoms with Gasteiger partial charge in [-0.15, -0.1) is 0 Å². The summed E-state index contributed by atoms with van der Waals surface area (Å²) >= 11 is 0. The zero-order valence-electron chi connectivity index (χ0n) is 13.2. The van der Waals surface area contributed by atoms with E-state index in [0.717, 1.165) is 0 Å². The average molecular weight is 326 g/mol. The number of carbonyl (C=O) groups excluding carboxylic acids is 2. The number of nitrogens with zero attached hydrogens (tertiary/aromatic N) is 2. The fraction of sp³-hybridized carbons (Fsp3) is 0.176. The number of anilines is 1. The predicted molar refractivity (Wildman–Crippen MR) is 90.7 cm³/mol. The van der Waals surface area contributed by atoms with Gasteiger partial charge in [-0.25, -0.2) is 10.4 Å². The maximum atomic E-state index is 11.8. The molecule has 0 unspecified atom stereocenters. The van der Waals surface area contributed by atoms with E-state index in [1.165, 1.54) is 0 Å². The van der Waals surface area contributed by atoms with Crippen molar-refractivity contribution in [1.29, 1.82) is 0 Å². The molecule has 24 heavy (non-hydrogen) atoms. The van der Waals surface area contributed by atoms with Crippen LogP contribution in [0.4, 0.5) is 5.82 Å². The van der Waals surface area contributed by atoms with Crippen LogP contribution in [0.3, 0.4) is 0 Å². The van der Waals surface area contributed by atoms with Crippen molar-refractivity contribution in [3.05, 3.63) is 54.7 Å². The molecule has 2 N–H and O–H groups in total. The molecule has 124 valence electrons. The highest BCUT2D eigenvalue weighted by Crippen LogP contribution is 2.07. The van der Waals surface area contributed by atoms with Crippen LogP contribution in [0.1, 0.15) is 13.3 Å². The normalized spacial score (nSPS) is 10.8. The molecule has 2 rings (SSSR count). The Kier molecular flexibility index (Phi) is 6.46. The summed E-state index contributed by atoms with van der Waals surface area (Å²) in [5.74, 6) is 0.409. The maximum Gasteiger partial charge on any atom is 0.277 e. The minimum absolute atomic E-state index is 0.0520. The Hall–Kier alpha value is -3.22. The van der Waals surface area contributed by atoms with E-state index >= 15 is 0 Å². The summed E-state index contributed by atoms with van der Waals surface area (Å²) in [6, 6.07) is 14.2. The highest BCUT2D eigenvalue weighted by Gasteiger charge is 2.06. The Balaban J connectivity index is 1.72. The van der Waals surface area contributed by atoms with Crippen LogP contribution >= 0.6 is 0 Å². The largest absolute Gasteiger partial charge is 0.484 e. The third-order valence-electron chi connectivity index (χ3n) is 2.83. The van der Waals surface area contributed by atoms with Gasteiger partial charge in [0.15, 0.2) is 6.61 Å². The third kappa shape index (κ3) is 6.27. The van der Waals surface area contributed by atoms with E-state index in [1.54, 1.807) is 43.5 Å². The van der Waals surface area contributed by atoms with E-state index in [4.69, 9.17) is 4.74 Å². The van der Waals surface area contributed by atoms with Gasteiger partial charge in [0.1, 0.15) is 11.6 Å². The molecular weight excluding hydrogens is 308 g/mol. The molecular formula is C17H18N4O3. The molecule has 0 bridgehead atoms. The summed E-state index contributed by atoms with van der Waals surface area (Å²) in [5.41, 5.74) is 2.82. The second-order valence-corrected chi connectivity index (χ2v) is 4.92. The lowest BCUT2D eigenvalue weighted by Crippen LogP contribution is -2.26. The Morgan fingerprint density at radius 3 is 2.54 bits per heavy atom. The number of pyridine rings is 1. The summed E-state index contributed by atoms with van der Waals surface area (Å²) < 4.78 is 5.29. The molecule has 1 heterocycles. The second-order valence-electron chi connectivity index (χ2n) is 4.92. The number of nitrogens with one attached hydrogen (secondary N) is 2. The SMILES string of the molecule is CC(CC(=O)Nc1ccccn1)=NNC(=O)COc1ccccc1. The van der Waals surface area contributed by atoms with E-state index < -0.39 is 5.91 Å². The van der Waals surface area contributed by atoms with Crippen LogP contribution in [0.5, 0.6) is 5.75 Å². The number of rotatable bonds is 7. The summed E-state index contributed by atoms with van der Waals surface area (Å²) in [6.07, 6.45) is 1.64. The summed E-state index contributed by atoms with van der Waals surface area (Å²) in [5, 5.41) is 6.51. The molecule has 2 amide bonds. The minimum atomic E-state index is -0.400. The van der Waals surface area contributed by atoms with Crippen molar-refractivity contribution in [3.8, 4) is 5.75 Å². The Labute approximate surface area is 139 Å². The highest BCUT2D eigenvalue weighted by molar-refractivity contribution is 6.05. The predicted octanol–water partition coefficient (Wildman–Crippen LogP) is 1.98. The van der Waals surface area contributed by atoms with E-state index in [9.17, 15) is 9.59 Å². The molecule has 0 saturated carbocycles. The fourth-order valence-corrected chi connectivity index (χ4v) is 1.75. The van der Waals surface area contributed by atoms with Crippen LogP contribution in [0.25, 0.3) is 0 Å². The molecule has 0 saturated heterocycles. The first-order valence-electron chi connectivity index (χ1n) is 7.34. The molecule has 0 fully saturated rings. The lowest BCUT2D eigenvalue weighted by atomic mass is 10.3. The van der Waals surface area contributed by atoms with E-state index in [0.29, 0.717) is 17.3 Å². The molecule has 1 aromatic carbocycles. The van der Waals surface area contributed by atoms with E-state index in [1.807, 2.05) is 18.2 Å². The average Bonchev–Trinajstić information content (AvgIpc) is 2.60. The molecule has 0 atom stereocenters. The quantitative estimate of drug-likeness (QED) is 0.601. The number of benzene rings is 1. The molecule has 7 heteroatoms. The number of amides is 2.